The molecule has 0 aromatic rings. The van der Waals surface area contributed by atoms with Crippen LogP contribution < -0.4 is 5.32 Å². The van der Waals surface area contributed by atoms with E-state index < -0.39 is 0 Å². The molecular weight excluding hydrogens is 202 g/mol. The number of methoxy groups -OCH3 is 2. The van der Waals surface area contributed by atoms with E-state index in [2.05, 4.69) is 33.0 Å². The van der Waals surface area contributed by atoms with Crippen LogP contribution in [-0.4, -0.2) is 38.5 Å². The van der Waals surface area contributed by atoms with Crippen molar-refractivity contribution in [3.8, 4) is 0 Å². The molecule has 16 heavy (non-hydrogen) atoms. The van der Waals surface area contributed by atoms with Gasteiger partial charge in [-0.2, -0.15) is 0 Å². The van der Waals surface area contributed by atoms with E-state index in [9.17, 15) is 0 Å². The zero-order valence-corrected chi connectivity index (χ0v) is 11.6. The highest BCUT2D eigenvalue weighted by atomic mass is 16.5. The highest BCUT2D eigenvalue weighted by Crippen LogP contribution is 2.42. The molecule has 0 amide bonds. The number of hydrogen-bond donors (Lipinski definition) is 1. The van der Waals surface area contributed by atoms with Crippen molar-refractivity contribution < 1.29 is 9.47 Å². The van der Waals surface area contributed by atoms with E-state index in [0.29, 0.717) is 12.1 Å². The monoisotopic (exact) mass is 229 g/mol. The third kappa shape index (κ3) is 2.96. The normalized spacial score (nSPS) is 28.9. The predicted octanol–water partition coefficient (Wildman–Crippen LogP) is 2.20. The number of ether oxygens (including phenoxy) is 2. The molecule has 2 atom stereocenters. The molecule has 0 heterocycles. The molecule has 3 nitrogen and oxygen atoms in total. The molecule has 1 N–H and O–H groups in total. The molecule has 1 aliphatic rings. The summed E-state index contributed by atoms with van der Waals surface area (Å²) in [6, 6.07) is 0.574. The first kappa shape index (κ1) is 13.9. The van der Waals surface area contributed by atoms with Gasteiger partial charge in [-0.15, -0.1) is 0 Å². The van der Waals surface area contributed by atoms with Gasteiger partial charge in [-0.3, -0.25) is 0 Å². The van der Waals surface area contributed by atoms with Crippen molar-refractivity contribution in [2.75, 3.05) is 20.8 Å². The number of rotatable bonds is 6. The summed E-state index contributed by atoms with van der Waals surface area (Å²) < 4.78 is 10.8. The Morgan fingerprint density at radius 2 is 1.94 bits per heavy atom. The molecule has 0 aliphatic heterocycles. The highest BCUT2D eigenvalue weighted by Gasteiger charge is 2.48. The van der Waals surface area contributed by atoms with Gasteiger partial charge in [0.2, 0.25) is 0 Å². The quantitative estimate of drug-likeness (QED) is 0.757. The van der Waals surface area contributed by atoms with E-state index in [4.69, 9.17) is 9.47 Å². The largest absolute Gasteiger partial charge is 0.381 e. The fraction of sp³-hybridized carbons (Fsp3) is 1.00. The number of nitrogens with one attached hydrogen (secondary N) is 1. The van der Waals surface area contributed by atoms with E-state index in [1.165, 1.54) is 0 Å². The second-order valence-corrected chi connectivity index (χ2v) is 6.00. The number of hydrogen-bond acceptors (Lipinski definition) is 3. The van der Waals surface area contributed by atoms with Crippen LogP contribution in [0.4, 0.5) is 0 Å². The van der Waals surface area contributed by atoms with Crippen LogP contribution in [0.15, 0.2) is 0 Å². The van der Waals surface area contributed by atoms with E-state index in [1.54, 1.807) is 14.2 Å². The molecular formula is C13H27NO2. The van der Waals surface area contributed by atoms with Crippen LogP contribution in [0.2, 0.25) is 0 Å². The van der Waals surface area contributed by atoms with Crippen LogP contribution >= 0.6 is 0 Å². The third-order valence-corrected chi connectivity index (χ3v) is 4.13. The van der Waals surface area contributed by atoms with E-state index in [0.717, 1.165) is 19.4 Å². The summed E-state index contributed by atoms with van der Waals surface area (Å²) in [6.45, 7) is 9.79. The van der Waals surface area contributed by atoms with Crippen LogP contribution in [-0.2, 0) is 9.47 Å². The van der Waals surface area contributed by atoms with Crippen molar-refractivity contribution >= 4 is 0 Å². The van der Waals surface area contributed by atoms with Gasteiger partial charge in [-0.1, -0.05) is 13.8 Å². The standard InChI is InChI=1S/C13H27NO2/c1-12(2,16-6)7-8-14-10-9-11(15-5)13(10,3)4/h10-11,14H,7-9H2,1-6H3. The Hall–Kier alpha value is -0.120. The minimum atomic E-state index is -0.0262. The van der Waals surface area contributed by atoms with E-state index in [1.807, 2.05) is 0 Å². The molecule has 1 fully saturated rings. The second kappa shape index (κ2) is 5.03. The van der Waals surface area contributed by atoms with Crippen LogP contribution in [0.3, 0.4) is 0 Å². The maximum Gasteiger partial charge on any atom is 0.0652 e. The Kier molecular flexibility index (Phi) is 4.38. The summed E-state index contributed by atoms with van der Waals surface area (Å²) in [7, 11) is 3.57. The maximum absolute atomic E-state index is 5.44. The van der Waals surface area contributed by atoms with Gasteiger partial charge in [-0.05, 0) is 33.2 Å². The predicted molar refractivity (Wildman–Crippen MR) is 66.7 cm³/mol. The van der Waals surface area contributed by atoms with Gasteiger partial charge >= 0.3 is 0 Å². The molecule has 1 aliphatic carbocycles. The van der Waals surface area contributed by atoms with Crippen LogP contribution in [0.25, 0.3) is 0 Å². The smallest absolute Gasteiger partial charge is 0.0652 e. The molecule has 0 aromatic carbocycles. The van der Waals surface area contributed by atoms with Crippen molar-refractivity contribution in [3.05, 3.63) is 0 Å². The SMILES string of the molecule is COC1CC(NCCC(C)(C)OC)C1(C)C. The zero-order valence-electron chi connectivity index (χ0n) is 11.6. The van der Waals surface area contributed by atoms with Crippen LogP contribution in [0.5, 0.6) is 0 Å². The lowest BCUT2D eigenvalue weighted by molar-refractivity contribution is -0.0986. The third-order valence-electron chi connectivity index (χ3n) is 4.13. The van der Waals surface area contributed by atoms with Gasteiger partial charge in [0.1, 0.15) is 0 Å². The Morgan fingerprint density at radius 3 is 2.38 bits per heavy atom. The van der Waals surface area contributed by atoms with Crippen molar-refractivity contribution in [2.24, 2.45) is 5.41 Å². The summed E-state index contributed by atoms with van der Waals surface area (Å²) in [5.41, 5.74) is 0.230. The average molecular weight is 229 g/mol. The Bertz CT molecular complexity index is 226. The first-order valence-corrected chi connectivity index (χ1v) is 6.15. The van der Waals surface area contributed by atoms with Gasteiger partial charge in [0.25, 0.3) is 0 Å². The summed E-state index contributed by atoms with van der Waals surface area (Å²) in [5.74, 6) is 0. The molecule has 0 saturated heterocycles. The van der Waals surface area contributed by atoms with Gasteiger partial charge in [0.05, 0.1) is 11.7 Å². The van der Waals surface area contributed by atoms with Crippen LogP contribution in [0, 0.1) is 5.41 Å². The Balaban J connectivity index is 2.26. The Labute approximate surface area is 99.9 Å². The second-order valence-electron chi connectivity index (χ2n) is 6.00. The topological polar surface area (TPSA) is 30.5 Å². The zero-order chi connectivity index (χ0) is 12.4. The maximum atomic E-state index is 5.44. The minimum Gasteiger partial charge on any atom is -0.381 e. The van der Waals surface area contributed by atoms with E-state index in [-0.39, 0.29) is 11.0 Å². The average Bonchev–Trinajstić information content (AvgIpc) is 2.22. The molecule has 0 spiro atoms. The summed E-state index contributed by atoms with van der Waals surface area (Å²) >= 11 is 0. The van der Waals surface area contributed by atoms with Crippen molar-refractivity contribution in [1.82, 2.24) is 5.32 Å². The first-order valence-electron chi connectivity index (χ1n) is 6.15. The molecule has 2 unspecified atom stereocenters. The fourth-order valence-electron chi connectivity index (χ4n) is 2.28. The lowest BCUT2D eigenvalue weighted by Gasteiger charge is -2.51. The first-order chi connectivity index (χ1) is 7.33. The van der Waals surface area contributed by atoms with Gasteiger partial charge < -0.3 is 14.8 Å². The molecule has 0 aromatic heterocycles. The molecule has 0 bridgehead atoms. The lowest BCUT2D eigenvalue weighted by Crippen LogP contribution is -2.61. The summed E-state index contributed by atoms with van der Waals surface area (Å²) in [5, 5.41) is 3.60. The highest BCUT2D eigenvalue weighted by molar-refractivity contribution is 5.02. The Morgan fingerprint density at radius 1 is 1.31 bits per heavy atom. The van der Waals surface area contributed by atoms with Gasteiger partial charge in [-0.25, -0.2) is 0 Å². The van der Waals surface area contributed by atoms with Crippen LogP contribution in [0.1, 0.15) is 40.5 Å². The lowest BCUT2D eigenvalue weighted by atomic mass is 9.64. The molecule has 96 valence electrons. The van der Waals surface area contributed by atoms with Crippen molar-refractivity contribution in [2.45, 2.75) is 58.3 Å². The van der Waals surface area contributed by atoms with Gasteiger partial charge in [0, 0.05) is 25.7 Å². The van der Waals surface area contributed by atoms with E-state index >= 15 is 0 Å². The minimum absolute atomic E-state index is 0.0262. The molecule has 1 saturated carbocycles. The van der Waals surface area contributed by atoms with Crippen molar-refractivity contribution in [1.29, 1.82) is 0 Å². The molecule has 3 heteroatoms. The molecule has 0 radical (unpaired) electrons. The summed E-state index contributed by atoms with van der Waals surface area (Å²) in [4.78, 5) is 0. The van der Waals surface area contributed by atoms with Gasteiger partial charge in [0.15, 0.2) is 0 Å². The molecule has 1 rings (SSSR count). The van der Waals surface area contributed by atoms with Crippen molar-refractivity contribution in [3.63, 3.8) is 0 Å². The fourth-order valence-corrected chi connectivity index (χ4v) is 2.28. The summed E-state index contributed by atoms with van der Waals surface area (Å²) in [6.07, 6.45) is 2.56.